The molecule has 2 heterocycles. The van der Waals surface area contributed by atoms with Crippen LogP contribution in [0.5, 0.6) is 0 Å². The van der Waals surface area contributed by atoms with Crippen LogP contribution in [0.15, 0.2) is 91.0 Å². The molecule has 3 aromatic carbocycles. The van der Waals surface area contributed by atoms with Crippen molar-refractivity contribution in [1.29, 1.82) is 0 Å². The summed E-state index contributed by atoms with van der Waals surface area (Å²) >= 11 is 0. The standard InChI is InChI=1S/C31H37N3O/c35-30-25-29(26-11-4-1-5-12-26)17-20-33(30)19-10-18-32-21-23-34(24-22-32)31(27-13-6-2-7-14-27)28-15-8-3-9-16-28/h1-9,11-16,29,31H,10,17-25H2. The number of nitrogens with zero attached hydrogens (tertiary/aromatic N) is 3. The molecule has 182 valence electrons. The zero-order valence-corrected chi connectivity index (χ0v) is 20.6. The molecule has 0 saturated carbocycles. The highest BCUT2D eigenvalue weighted by atomic mass is 16.2. The molecule has 0 aliphatic carbocycles. The summed E-state index contributed by atoms with van der Waals surface area (Å²) < 4.78 is 0. The van der Waals surface area contributed by atoms with Crippen LogP contribution in [0.1, 0.15) is 47.9 Å². The number of benzene rings is 3. The molecule has 4 nitrogen and oxygen atoms in total. The van der Waals surface area contributed by atoms with E-state index in [-0.39, 0.29) is 0 Å². The maximum atomic E-state index is 12.8. The van der Waals surface area contributed by atoms with Gasteiger partial charge in [0.15, 0.2) is 0 Å². The zero-order chi connectivity index (χ0) is 23.9. The highest BCUT2D eigenvalue weighted by Crippen LogP contribution is 2.30. The summed E-state index contributed by atoms with van der Waals surface area (Å²) in [6.45, 7) is 7.15. The van der Waals surface area contributed by atoms with Crippen molar-refractivity contribution >= 4 is 5.91 Å². The molecular weight excluding hydrogens is 430 g/mol. The van der Waals surface area contributed by atoms with E-state index in [1.54, 1.807) is 0 Å². The number of carbonyl (C=O) groups is 1. The van der Waals surface area contributed by atoms with Gasteiger partial charge in [-0.15, -0.1) is 0 Å². The van der Waals surface area contributed by atoms with Crippen molar-refractivity contribution in [2.24, 2.45) is 0 Å². The molecule has 5 rings (SSSR count). The van der Waals surface area contributed by atoms with Crippen LogP contribution in [0.3, 0.4) is 0 Å². The number of rotatable bonds is 8. The molecule has 0 aromatic heterocycles. The largest absolute Gasteiger partial charge is 0.343 e. The predicted octanol–water partition coefficient (Wildman–Crippen LogP) is 5.19. The number of piperidine rings is 1. The lowest BCUT2D eigenvalue weighted by molar-refractivity contribution is -0.134. The maximum absolute atomic E-state index is 12.8. The number of amides is 1. The van der Waals surface area contributed by atoms with Gasteiger partial charge in [0, 0.05) is 45.7 Å². The summed E-state index contributed by atoms with van der Waals surface area (Å²) in [6, 6.07) is 32.6. The first-order valence-corrected chi connectivity index (χ1v) is 13.2. The van der Waals surface area contributed by atoms with Gasteiger partial charge >= 0.3 is 0 Å². The third kappa shape index (κ3) is 6.01. The van der Waals surface area contributed by atoms with Gasteiger partial charge in [0.25, 0.3) is 0 Å². The molecule has 3 aromatic rings. The lowest BCUT2D eigenvalue weighted by Crippen LogP contribution is -2.48. The van der Waals surface area contributed by atoms with E-state index in [0.29, 0.717) is 24.3 Å². The van der Waals surface area contributed by atoms with Gasteiger partial charge in [-0.3, -0.25) is 9.69 Å². The van der Waals surface area contributed by atoms with Gasteiger partial charge in [-0.2, -0.15) is 0 Å². The van der Waals surface area contributed by atoms with E-state index in [0.717, 1.165) is 58.7 Å². The number of piperazine rings is 1. The molecule has 1 unspecified atom stereocenters. The van der Waals surface area contributed by atoms with Crippen molar-refractivity contribution in [2.75, 3.05) is 45.8 Å². The molecule has 35 heavy (non-hydrogen) atoms. The number of likely N-dealkylation sites (tertiary alicyclic amines) is 1. The smallest absolute Gasteiger partial charge is 0.223 e. The summed E-state index contributed by atoms with van der Waals surface area (Å²) in [6.07, 6.45) is 2.79. The fraction of sp³-hybridized carbons (Fsp3) is 0.387. The van der Waals surface area contributed by atoms with Crippen LogP contribution in [0.4, 0.5) is 0 Å². The van der Waals surface area contributed by atoms with Crippen molar-refractivity contribution in [3.63, 3.8) is 0 Å². The minimum absolute atomic E-state index is 0.308. The van der Waals surface area contributed by atoms with Crippen LogP contribution in [0, 0.1) is 0 Å². The first-order chi connectivity index (χ1) is 17.3. The Morgan fingerprint density at radius 2 is 1.26 bits per heavy atom. The molecule has 0 bridgehead atoms. The van der Waals surface area contributed by atoms with Gasteiger partial charge in [-0.25, -0.2) is 0 Å². The van der Waals surface area contributed by atoms with Gasteiger partial charge < -0.3 is 9.80 Å². The van der Waals surface area contributed by atoms with E-state index in [9.17, 15) is 4.79 Å². The molecule has 1 atom stereocenters. The normalized spacial score (nSPS) is 19.9. The highest BCUT2D eigenvalue weighted by Gasteiger charge is 2.28. The summed E-state index contributed by atoms with van der Waals surface area (Å²) in [5, 5.41) is 0. The quantitative estimate of drug-likeness (QED) is 0.456. The molecule has 2 fully saturated rings. The Hall–Kier alpha value is -2.95. The number of carbonyl (C=O) groups excluding carboxylic acids is 1. The first-order valence-electron chi connectivity index (χ1n) is 13.2. The number of hydrogen-bond acceptors (Lipinski definition) is 3. The molecule has 0 spiro atoms. The van der Waals surface area contributed by atoms with Gasteiger partial charge in [0.1, 0.15) is 0 Å². The molecule has 2 saturated heterocycles. The maximum Gasteiger partial charge on any atom is 0.223 e. The molecule has 2 aliphatic heterocycles. The Morgan fingerprint density at radius 1 is 0.686 bits per heavy atom. The van der Waals surface area contributed by atoms with Crippen molar-refractivity contribution in [2.45, 2.75) is 31.2 Å². The Bertz CT molecular complexity index is 1010. The van der Waals surface area contributed by atoms with Crippen molar-refractivity contribution in [1.82, 2.24) is 14.7 Å². The zero-order valence-electron chi connectivity index (χ0n) is 20.6. The van der Waals surface area contributed by atoms with Gasteiger partial charge in [0.2, 0.25) is 5.91 Å². The topological polar surface area (TPSA) is 26.8 Å². The van der Waals surface area contributed by atoms with Gasteiger partial charge in [0.05, 0.1) is 6.04 Å². The van der Waals surface area contributed by atoms with E-state index < -0.39 is 0 Å². The molecule has 1 amide bonds. The average Bonchev–Trinajstić information content (AvgIpc) is 2.92. The van der Waals surface area contributed by atoms with E-state index in [2.05, 4.69) is 99.6 Å². The first kappa shape index (κ1) is 23.8. The van der Waals surface area contributed by atoms with E-state index in [4.69, 9.17) is 0 Å². The third-order valence-corrected chi connectivity index (χ3v) is 7.70. The van der Waals surface area contributed by atoms with Crippen LogP contribution in [0.2, 0.25) is 0 Å². The van der Waals surface area contributed by atoms with Crippen LogP contribution >= 0.6 is 0 Å². The molecule has 0 N–H and O–H groups in total. The Morgan fingerprint density at radius 3 is 1.83 bits per heavy atom. The lowest BCUT2D eigenvalue weighted by Gasteiger charge is -2.40. The summed E-state index contributed by atoms with van der Waals surface area (Å²) in [5.74, 6) is 0.707. The number of hydrogen-bond donors (Lipinski definition) is 0. The minimum Gasteiger partial charge on any atom is -0.343 e. The molecule has 4 heteroatoms. The van der Waals surface area contributed by atoms with Crippen LogP contribution in [0.25, 0.3) is 0 Å². The van der Waals surface area contributed by atoms with E-state index in [1.165, 1.54) is 16.7 Å². The van der Waals surface area contributed by atoms with Crippen LogP contribution in [-0.4, -0.2) is 66.4 Å². The molecular formula is C31H37N3O. The average molecular weight is 468 g/mol. The second kappa shape index (κ2) is 11.7. The monoisotopic (exact) mass is 467 g/mol. The van der Waals surface area contributed by atoms with Gasteiger partial charge in [-0.05, 0) is 42.0 Å². The van der Waals surface area contributed by atoms with Crippen molar-refractivity contribution in [3.05, 3.63) is 108 Å². The lowest BCUT2D eigenvalue weighted by atomic mass is 9.89. The second-order valence-electron chi connectivity index (χ2n) is 9.94. The minimum atomic E-state index is 0.308. The highest BCUT2D eigenvalue weighted by molar-refractivity contribution is 5.78. The third-order valence-electron chi connectivity index (χ3n) is 7.70. The fourth-order valence-electron chi connectivity index (χ4n) is 5.74. The summed E-state index contributed by atoms with van der Waals surface area (Å²) in [5.41, 5.74) is 4.04. The Kier molecular flexibility index (Phi) is 7.92. The Balaban J connectivity index is 1.09. The SMILES string of the molecule is O=C1CC(c2ccccc2)CCN1CCCN1CCN(C(c2ccccc2)c2ccccc2)CC1. The Labute approximate surface area is 210 Å². The second-order valence-corrected chi connectivity index (χ2v) is 9.94. The fourth-order valence-corrected chi connectivity index (χ4v) is 5.74. The van der Waals surface area contributed by atoms with E-state index >= 15 is 0 Å². The summed E-state index contributed by atoms with van der Waals surface area (Å²) in [4.78, 5) is 20.0. The molecule has 2 aliphatic rings. The van der Waals surface area contributed by atoms with Crippen molar-refractivity contribution in [3.8, 4) is 0 Å². The predicted molar refractivity (Wildman–Crippen MR) is 142 cm³/mol. The molecule has 0 radical (unpaired) electrons. The van der Waals surface area contributed by atoms with Gasteiger partial charge in [-0.1, -0.05) is 91.0 Å². The van der Waals surface area contributed by atoms with Crippen molar-refractivity contribution < 1.29 is 4.79 Å². The van der Waals surface area contributed by atoms with Crippen LogP contribution in [-0.2, 0) is 4.79 Å². The van der Waals surface area contributed by atoms with Crippen LogP contribution < -0.4 is 0 Å². The summed E-state index contributed by atoms with van der Waals surface area (Å²) in [7, 11) is 0. The van der Waals surface area contributed by atoms with E-state index in [1.807, 2.05) is 6.07 Å².